The summed E-state index contributed by atoms with van der Waals surface area (Å²) in [7, 11) is 1.34. The number of nitrogens with two attached hydrogens (primary N) is 1. The van der Waals surface area contributed by atoms with Crippen molar-refractivity contribution in [2.75, 3.05) is 13.7 Å². The lowest BCUT2D eigenvalue weighted by molar-refractivity contribution is 0.0600. The van der Waals surface area contributed by atoms with Crippen LogP contribution in [0.15, 0.2) is 24.3 Å². The topological polar surface area (TPSA) is 72.5 Å². The number of hydrogen-bond donors (Lipinski definition) is 2. The highest BCUT2D eigenvalue weighted by molar-refractivity contribution is 5.89. The summed E-state index contributed by atoms with van der Waals surface area (Å²) in [6.07, 6.45) is 0. The second-order valence-electron chi connectivity index (χ2n) is 4.74. The quantitative estimate of drug-likeness (QED) is 0.778. The van der Waals surface area contributed by atoms with E-state index in [0.29, 0.717) is 5.56 Å². The Morgan fingerprint density at radius 3 is 2.71 bits per heavy atom. The fourth-order valence-electron chi connectivity index (χ4n) is 1.53. The van der Waals surface area contributed by atoms with E-state index in [1.165, 1.54) is 7.11 Å². The maximum absolute atomic E-state index is 11.4. The molecule has 0 saturated heterocycles. The first-order valence-electron chi connectivity index (χ1n) is 5.47. The first-order valence-corrected chi connectivity index (χ1v) is 5.47. The van der Waals surface area contributed by atoms with Gasteiger partial charge in [0, 0.05) is 18.1 Å². The van der Waals surface area contributed by atoms with E-state index in [1.54, 1.807) is 18.2 Å². The summed E-state index contributed by atoms with van der Waals surface area (Å²) >= 11 is 0. The zero-order valence-electron chi connectivity index (χ0n) is 10.4. The minimum atomic E-state index is -0.436. The average Bonchev–Trinajstić information content (AvgIpc) is 2.36. The summed E-state index contributed by atoms with van der Waals surface area (Å²) in [5.74, 6) is -0.388. The summed E-state index contributed by atoms with van der Waals surface area (Å²) < 4.78 is 4.65. The second kappa shape index (κ2) is 5.29. The number of hydrogen-bond acceptors (Lipinski definition) is 4. The van der Waals surface area contributed by atoms with Gasteiger partial charge in [-0.25, -0.2) is 4.79 Å². The van der Waals surface area contributed by atoms with Crippen LogP contribution in [0.25, 0.3) is 0 Å². The van der Waals surface area contributed by atoms with Gasteiger partial charge in [-0.15, -0.1) is 0 Å². The van der Waals surface area contributed by atoms with Gasteiger partial charge in [-0.2, -0.15) is 0 Å². The molecule has 0 fully saturated rings. The number of carbonyl (C=O) groups is 1. The number of esters is 1. The van der Waals surface area contributed by atoms with Crippen LogP contribution in [0, 0.1) is 5.41 Å². The van der Waals surface area contributed by atoms with E-state index in [2.05, 4.69) is 4.74 Å². The zero-order valence-corrected chi connectivity index (χ0v) is 10.4. The number of aliphatic hydroxyl groups is 1. The molecule has 1 rings (SSSR count). The lowest BCUT2D eigenvalue weighted by Crippen LogP contribution is -2.32. The molecule has 0 aromatic heterocycles. The molecule has 0 bridgehead atoms. The summed E-state index contributed by atoms with van der Waals surface area (Å²) in [4.78, 5) is 11.4. The van der Waals surface area contributed by atoms with Gasteiger partial charge in [-0.3, -0.25) is 0 Å². The van der Waals surface area contributed by atoms with Crippen molar-refractivity contribution in [3.63, 3.8) is 0 Å². The molecule has 0 aliphatic heterocycles. The van der Waals surface area contributed by atoms with Crippen molar-refractivity contribution in [2.24, 2.45) is 11.1 Å². The third-order valence-corrected chi connectivity index (χ3v) is 2.92. The Morgan fingerprint density at radius 1 is 1.53 bits per heavy atom. The maximum atomic E-state index is 11.4. The summed E-state index contributed by atoms with van der Waals surface area (Å²) in [6.45, 7) is 3.74. The molecular weight excluding hydrogens is 218 g/mol. The third-order valence-electron chi connectivity index (χ3n) is 2.92. The zero-order chi connectivity index (χ0) is 13.1. The molecule has 0 radical (unpaired) electrons. The lowest BCUT2D eigenvalue weighted by atomic mass is 9.81. The van der Waals surface area contributed by atoms with Crippen molar-refractivity contribution < 1.29 is 14.6 Å². The molecule has 0 unspecified atom stereocenters. The maximum Gasteiger partial charge on any atom is 0.337 e. The van der Waals surface area contributed by atoms with Crippen LogP contribution in [0.1, 0.15) is 35.8 Å². The van der Waals surface area contributed by atoms with Crippen molar-refractivity contribution in [1.82, 2.24) is 0 Å². The van der Waals surface area contributed by atoms with Crippen molar-refractivity contribution in [2.45, 2.75) is 19.9 Å². The Hall–Kier alpha value is -1.39. The van der Waals surface area contributed by atoms with Crippen LogP contribution < -0.4 is 5.73 Å². The fourth-order valence-corrected chi connectivity index (χ4v) is 1.53. The summed E-state index contributed by atoms with van der Waals surface area (Å²) in [6, 6.07) is 6.64. The number of ether oxygens (including phenoxy) is 1. The van der Waals surface area contributed by atoms with Gasteiger partial charge in [-0.05, 0) is 17.7 Å². The van der Waals surface area contributed by atoms with Crippen LogP contribution >= 0.6 is 0 Å². The minimum Gasteiger partial charge on any atom is -0.465 e. The predicted octanol–water partition coefficient (Wildman–Crippen LogP) is 1.49. The van der Waals surface area contributed by atoms with Gasteiger partial charge in [0.1, 0.15) is 0 Å². The Labute approximate surface area is 101 Å². The van der Waals surface area contributed by atoms with E-state index < -0.39 is 5.41 Å². The van der Waals surface area contributed by atoms with Crippen LogP contribution in [0.5, 0.6) is 0 Å². The highest BCUT2D eigenvalue weighted by atomic mass is 16.5. The van der Waals surface area contributed by atoms with Gasteiger partial charge < -0.3 is 15.6 Å². The fraction of sp³-hybridized carbons (Fsp3) is 0.462. The van der Waals surface area contributed by atoms with E-state index in [0.717, 1.165) is 5.56 Å². The molecule has 1 atom stereocenters. The van der Waals surface area contributed by atoms with E-state index in [4.69, 9.17) is 5.73 Å². The Morgan fingerprint density at radius 2 is 2.18 bits per heavy atom. The van der Waals surface area contributed by atoms with Crippen molar-refractivity contribution >= 4 is 5.97 Å². The molecule has 0 aliphatic rings. The largest absolute Gasteiger partial charge is 0.465 e. The van der Waals surface area contributed by atoms with Crippen LogP contribution in [0.2, 0.25) is 0 Å². The minimum absolute atomic E-state index is 0.0172. The van der Waals surface area contributed by atoms with Gasteiger partial charge in [0.15, 0.2) is 0 Å². The van der Waals surface area contributed by atoms with E-state index >= 15 is 0 Å². The Bertz CT molecular complexity index is 401. The molecule has 0 heterocycles. The van der Waals surface area contributed by atoms with E-state index in [9.17, 15) is 9.90 Å². The highest BCUT2D eigenvalue weighted by Crippen LogP contribution is 2.30. The van der Waals surface area contributed by atoms with Crippen molar-refractivity contribution in [3.8, 4) is 0 Å². The first kappa shape index (κ1) is 13.7. The van der Waals surface area contributed by atoms with Crippen molar-refractivity contribution in [3.05, 3.63) is 35.4 Å². The Balaban J connectivity index is 3.03. The Kier molecular flexibility index (Phi) is 4.26. The molecule has 4 nitrogen and oxygen atoms in total. The molecule has 3 N–H and O–H groups in total. The molecule has 1 aromatic carbocycles. The third kappa shape index (κ3) is 3.05. The number of benzene rings is 1. The number of aliphatic hydroxyl groups excluding tert-OH is 1. The molecule has 1 aromatic rings. The number of methoxy groups -OCH3 is 1. The van der Waals surface area contributed by atoms with Gasteiger partial charge >= 0.3 is 5.97 Å². The monoisotopic (exact) mass is 237 g/mol. The molecule has 4 heteroatoms. The smallest absolute Gasteiger partial charge is 0.337 e. The average molecular weight is 237 g/mol. The molecular formula is C13H19NO3. The van der Waals surface area contributed by atoms with Crippen LogP contribution in [-0.4, -0.2) is 24.8 Å². The van der Waals surface area contributed by atoms with Crippen LogP contribution in [0.4, 0.5) is 0 Å². The number of rotatable bonds is 4. The normalized spacial score (nSPS) is 13.2. The molecule has 94 valence electrons. The van der Waals surface area contributed by atoms with Crippen molar-refractivity contribution in [1.29, 1.82) is 0 Å². The standard InChI is InChI=1S/C13H19NO3/c1-13(2,8-15)11(14)9-5-4-6-10(7-9)12(16)17-3/h4-7,11,15H,8,14H2,1-3H3/t11-/m1/s1. The van der Waals surface area contributed by atoms with Gasteiger partial charge in [0.25, 0.3) is 0 Å². The molecule has 0 spiro atoms. The van der Waals surface area contributed by atoms with Crippen LogP contribution in [0.3, 0.4) is 0 Å². The molecule has 17 heavy (non-hydrogen) atoms. The SMILES string of the molecule is COC(=O)c1cccc([C@@H](N)C(C)(C)CO)c1. The highest BCUT2D eigenvalue weighted by Gasteiger charge is 2.27. The van der Waals surface area contributed by atoms with Gasteiger partial charge in [0.05, 0.1) is 12.7 Å². The molecule has 0 aliphatic carbocycles. The predicted molar refractivity (Wildman–Crippen MR) is 65.6 cm³/mol. The van der Waals surface area contributed by atoms with E-state index in [1.807, 2.05) is 19.9 Å². The molecule has 0 amide bonds. The molecule has 0 saturated carbocycles. The second-order valence-corrected chi connectivity index (χ2v) is 4.74. The van der Waals surface area contributed by atoms with Gasteiger partial charge in [0.2, 0.25) is 0 Å². The van der Waals surface area contributed by atoms with Crippen LogP contribution in [-0.2, 0) is 4.74 Å². The first-order chi connectivity index (χ1) is 7.92. The van der Waals surface area contributed by atoms with Gasteiger partial charge in [-0.1, -0.05) is 26.0 Å². The summed E-state index contributed by atoms with van der Waals surface area (Å²) in [5, 5.41) is 9.28. The van der Waals surface area contributed by atoms with E-state index in [-0.39, 0.29) is 18.6 Å². The lowest BCUT2D eigenvalue weighted by Gasteiger charge is -2.29. The summed E-state index contributed by atoms with van der Waals surface area (Å²) in [5.41, 5.74) is 6.92. The number of carbonyl (C=O) groups excluding carboxylic acids is 1.